The van der Waals surface area contributed by atoms with Crippen LogP contribution in [0.25, 0.3) is 0 Å². The number of allylic oxidation sites excluding steroid dienone is 2. The number of aromatic nitrogens is 2. The number of anilines is 1. The van der Waals surface area contributed by atoms with Crippen molar-refractivity contribution in [1.29, 1.82) is 5.26 Å². The lowest BCUT2D eigenvalue weighted by Gasteiger charge is -2.38. The zero-order valence-corrected chi connectivity index (χ0v) is 19.7. The lowest BCUT2D eigenvalue weighted by Crippen LogP contribution is -2.37. The molecule has 2 N–H and O–H groups in total. The number of carbonyl (C=O) groups excluding carboxylic acids is 1. The summed E-state index contributed by atoms with van der Waals surface area (Å²) in [4.78, 5) is 34.2. The number of aromatic amines is 1. The summed E-state index contributed by atoms with van der Waals surface area (Å²) in [6.07, 6.45) is 2.18. The van der Waals surface area contributed by atoms with Gasteiger partial charge in [-0.2, -0.15) is 5.26 Å². The van der Waals surface area contributed by atoms with Gasteiger partial charge in [0.25, 0.3) is 5.56 Å². The number of nitrogens with zero attached hydrogens (tertiary/aromatic N) is 2. The van der Waals surface area contributed by atoms with Crippen LogP contribution in [-0.2, 0) is 4.79 Å². The van der Waals surface area contributed by atoms with Crippen molar-refractivity contribution in [3.63, 3.8) is 0 Å². The minimum absolute atomic E-state index is 0.0542. The van der Waals surface area contributed by atoms with E-state index in [0.717, 1.165) is 23.4 Å². The van der Waals surface area contributed by atoms with Crippen molar-refractivity contribution in [2.75, 3.05) is 11.1 Å². The predicted molar refractivity (Wildman–Crippen MR) is 127 cm³/mol. The molecular weight excluding hydrogens is 420 g/mol. The monoisotopic (exact) mass is 448 g/mol. The van der Waals surface area contributed by atoms with Gasteiger partial charge < -0.3 is 10.3 Å². The number of H-pyrrole nitrogens is 1. The van der Waals surface area contributed by atoms with Crippen molar-refractivity contribution in [2.45, 2.75) is 58.0 Å². The number of ketones is 1. The molecule has 7 heteroatoms. The van der Waals surface area contributed by atoms with Crippen LogP contribution in [-0.4, -0.2) is 21.5 Å². The van der Waals surface area contributed by atoms with E-state index in [1.165, 1.54) is 0 Å². The minimum Gasteiger partial charge on any atom is -0.343 e. The maximum Gasteiger partial charge on any atom is 0.257 e. The second-order valence-electron chi connectivity index (χ2n) is 9.79. The number of rotatable bonds is 5. The van der Waals surface area contributed by atoms with E-state index in [9.17, 15) is 14.9 Å². The third kappa shape index (κ3) is 4.37. The first-order chi connectivity index (χ1) is 15.2. The van der Waals surface area contributed by atoms with E-state index < -0.39 is 5.92 Å². The molecule has 1 aliphatic heterocycles. The Morgan fingerprint density at radius 1 is 1.22 bits per heavy atom. The second-order valence-corrected chi connectivity index (χ2v) is 10.9. The second kappa shape index (κ2) is 8.59. The van der Waals surface area contributed by atoms with E-state index in [2.05, 4.69) is 44.1 Å². The fourth-order valence-electron chi connectivity index (χ4n) is 4.44. The fraction of sp³-hybridized carbons (Fsp3) is 0.440. The number of hydrogen-bond donors (Lipinski definition) is 2. The van der Waals surface area contributed by atoms with Gasteiger partial charge in [-0.1, -0.05) is 51.6 Å². The molecule has 1 aromatic carbocycles. The molecule has 1 unspecified atom stereocenters. The molecule has 32 heavy (non-hydrogen) atoms. The Hall–Kier alpha value is -2.85. The summed E-state index contributed by atoms with van der Waals surface area (Å²) in [7, 11) is 0. The quantitative estimate of drug-likeness (QED) is 0.494. The van der Waals surface area contributed by atoms with Crippen LogP contribution in [0, 0.1) is 22.7 Å². The average Bonchev–Trinajstić information content (AvgIpc) is 2.71. The van der Waals surface area contributed by atoms with E-state index in [1.54, 1.807) is 23.9 Å². The third-order valence-electron chi connectivity index (χ3n) is 6.01. The molecule has 2 heterocycles. The molecule has 6 nitrogen and oxygen atoms in total. The van der Waals surface area contributed by atoms with Gasteiger partial charge >= 0.3 is 0 Å². The Balaban J connectivity index is 1.83. The zero-order chi connectivity index (χ0) is 23.0. The zero-order valence-electron chi connectivity index (χ0n) is 18.9. The first kappa shape index (κ1) is 22.3. The largest absolute Gasteiger partial charge is 0.343 e. The molecule has 2 aliphatic rings. The number of Topliss-reactive ketones (excluding diaryl/α,β-unsaturated/α-hetero) is 1. The molecule has 0 fully saturated rings. The van der Waals surface area contributed by atoms with Crippen molar-refractivity contribution in [3.8, 4) is 6.07 Å². The van der Waals surface area contributed by atoms with Gasteiger partial charge in [0, 0.05) is 29.4 Å². The molecular formula is C25H28N4O2S. The highest BCUT2D eigenvalue weighted by Crippen LogP contribution is 2.47. The van der Waals surface area contributed by atoms with Gasteiger partial charge in [-0.05, 0) is 41.9 Å². The summed E-state index contributed by atoms with van der Waals surface area (Å²) < 4.78 is 0. The third-order valence-corrected chi connectivity index (χ3v) is 6.91. The van der Waals surface area contributed by atoms with Crippen LogP contribution >= 0.6 is 11.8 Å². The number of nitriles is 1. The lowest BCUT2D eigenvalue weighted by molar-refractivity contribution is -0.118. The first-order valence-corrected chi connectivity index (χ1v) is 12.0. The molecule has 0 bridgehead atoms. The Morgan fingerprint density at radius 3 is 2.59 bits per heavy atom. The first-order valence-electron chi connectivity index (χ1n) is 11.0. The predicted octanol–water partition coefficient (Wildman–Crippen LogP) is 4.98. The van der Waals surface area contributed by atoms with Gasteiger partial charge in [0.2, 0.25) is 0 Å². The molecule has 166 valence electrons. The Labute approximate surface area is 192 Å². The van der Waals surface area contributed by atoms with Crippen LogP contribution < -0.4 is 10.9 Å². The van der Waals surface area contributed by atoms with E-state index in [-0.39, 0.29) is 16.8 Å². The molecule has 0 saturated carbocycles. The molecule has 0 amide bonds. The molecule has 1 aliphatic carbocycles. The van der Waals surface area contributed by atoms with Crippen molar-refractivity contribution in [3.05, 3.63) is 62.6 Å². The SMILES string of the molecule is CC(C)CCSc1nc2c(c(=O)[nH]1)C(c1ccc(C#N)cc1)C1=C(CC(C)(C)CC1=O)N2. The number of fused-ring (bicyclic) bond motifs is 1. The smallest absolute Gasteiger partial charge is 0.257 e. The van der Waals surface area contributed by atoms with Crippen LogP contribution in [0.15, 0.2) is 45.5 Å². The summed E-state index contributed by atoms with van der Waals surface area (Å²) in [5.74, 6) is 1.54. The molecule has 1 aromatic heterocycles. The lowest BCUT2D eigenvalue weighted by atomic mass is 9.69. The van der Waals surface area contributed by atoms with Gasteiger partial charge in [-0.3, -0.25) is 9.59 Å². The summed E-state index contributed by atoms with van der Waals surface area (Å²) in [5, 5.41) is 13.1. The van der Waals surface area contributed by atoms with E-state index in [4.69, 9.17) is 4.98 Å². The van der Waals surface area contributed by atoms with Crippen molar-refractivity contribution in [1.82, 2.24) is 9.97 Å². The van der Waals surface area contributed by atoms with Gasteiger partial charge in [-0.15, -0.1) is 0 Å². The Morgan fingerprint density at radius 2 is 1.94 bits per heavy atom. The standard InChI is InChI=1S/C25H28N4O2S/c1-14(2)9-10-32-24-28-22-21(23(31)29-24)19(16-7-5-15(13-26)6-8-16)20-17(27-22)11-25(3,4)12-18(20)30/h5-8,14,19H,9-12H2,1-4H3,(H2,27,28,29,31). The van der Waals surface area contributed by atoms with Crippen molar-refractivity contribution >= 4 is 23.4 Å². The summed E-state index contributed by atoms with van der Waals surface area (Å²) >= 11 is 1.54. The Kier molecular flexibility index (Phi) is 6.00. The van der Waals surface area contributed by atoms with Crippen LogP contribution in [0.2, 0.25) is 0 Å². The topological polar surface area (TPSA) is 98.6 Å². The molecule has 2 aromatic rings. The van der Waals surface area contributed by atoms with Crippen LogP contribution in [0.5, 0.6) is 0 Å². The van der Waals surface area contributed by atoms with E-state index in [0.29, 0.717) is 46.4 Å². The number of nitrogens with one attached hydrogen (secondary N) is 2. The van der Waals surface area contributed by atoms with Gasteiger partial charge in [0.1, 0.15) is 5.82 Å². The number of thioether (sulfide) groups is 1. The summed E-state index contributed by atoms with van der Waals surface area (Å²) in [5.41, 5.74) is 2.93. The van der Waals surface area contributed by atoms with E-state index >= 15 is 0 Å². The maximum absolute atomic E-state index is 13.3. The number of carbonyl (C=O) groups is 1. The van der Waals surface area contributed by atoms with Gasteiger partial charge in [0.05, 0.1) is 17.2 Å². The van der Waals surface area contributed by atoms with Gasteiger partial charge in [-0.25, -0.2) is 4.98 Å². The van der Waals surface area contributed by atoms with Crippen LogP contribution in [0.1, 0.15) is 69.6 Å². The van der Waals surface area contributed by atoms with Crippen LogP contribution in [0.3, 0.4) is 0 Å². The van der Waals surface area contributed by atoms with Gasteiger partial charge in [0.15, 0.2) is 10.9 Å². The summed E-state index contributed by atoms with van der Waals surface area (Å²) in [6.45, 7) is 8.51. The molecule has 0 saturated heterocycles. The fourth-order valence-corrected chi connectivity index (χ4v) is 5.54. The normalized spacial score (nSPS) is 19.2. The number of hydrogen-bond acceptors (Lipinski definition) is 6. The highest BCUT2D eigenvalue weighted by molar-refractivity contribution is 7.99. The highest BCUT2D eigenvalue weighted by Gasteiger charge is 2.42. The van der Waals surface area contributed by atoms with E-state index in [1.807, 2.05) is 12.1 Å². The number of benzene rings is 1. The Bertz CT molecular complexity index is 1190. The summed E-state index contributed by atoms with van der Waals surface area (Å²) in [6, 6.07) is 9.25. The maximum atomic E-state index is 13.3. The van der Waals surface area contributed by atoms with Crippen molar-refractivity contribution in [2.24, 2.45) is 11.3 Å². The van der Waals surface area contributed by atoms with Crippen LogP contribution in [0.4, 0.5) is 5.82 Å². The average molecular weight is 449 g/mol. The molecule has 1 atom stereocenters. The molecule has 0 spiro atoms. The molecule has 0 radical (unpaired) electrons. The highest BCUT2D eigenvalue weighted by atomic mass is 32.2. The minimum atomic E-state index is -0.497. The molecule has 4 rings (SSSR count). The van der Waals surface area contributed by atoms with Crippen molar-refractivity contribution < 1.29 is 4.79 Å².